The summed E-state index contributed by atoms with van der Waals surface area (Å²) in [4.78, 5) is 22.7. The average Bonchev–Trinajstić information content (AvgIpc) is 2.71. The Hall–Kier alpha value is -2.70. The third kappa shape index (κ3) is 2.51. The van der Waals surface area contributed by atoms with Gasteiger partial charge in [0.2, 0.25) is 0 Å². The van der Waals surface area contributed by atoms with E-state index in [0.29, 0.717) is 17.0 Å². The van der Waals surface area contributed by atoms with Gasteiger partial charge in [0.05, 0.1) is 22.5 Å². The molecule has 1 aromatic carbocycles. The Morgan fingerprint density at radius 1 is 1.35 bits per heavy atom. The fraction of sp³-hybridized carbons (Fsp3) is 0.154. The summed E-state index contributed by atoms with van der Waals surface area (Å²) in [6, 6.07) is 3.28. The van der Waals surface area contributed by atoms with Gasteiger partial charge >= 0.3 is 5.97 Å². The number of benzene rings is 1. The molecule has 3 N–H and O–H groups in total. The molecule has 104 valence electrons. The highest BCUT2D eigenvalue weighted by atomic mass is 19.1. The number of aromatic nitrogens is 2. The molecule has 0 aliphatic heterocycles. The van der Waals surface area contributed by atoms with Gasteiger partial charge in [0, 0.05) is 5.69 Å². The molecule has 0 spiro atoms. The first-order valence-electron chi connectivity index (χ1n) is 5.76. The van der Waals surface area contributed by atoms with E-state index < -0.39 is 17.7 Å². The fourth-order valence-electron chi connectivity index (χ4n) is 1.82. The first-order chi connectivity index (χ1) is 9.40. The van der Waals surface area contributed by atoms with Gasteiger partial charge in [-0.2, -0.15) is 5.10 Å². The van der Waals surface area contributed by atoms with Gasteiger partial charge in [-0.15, -0.1) is 0 Å². The third-order valence-electron chi connectivity index (χ3n) is 2.82. The van der Waals surface area contributed by atoms with Gasteiger partial charge in [0.15, 0.2) is 0 Å². The number of aryl methyl sites for hydroxylation is 2. The Bertz CT molecular complexity index is 675. The van der Waals surface area contributed by atoms with Crippen LogP contribution in [0.2, 0.25) is 0 Å². The van der Waals surface area contributed by atoms with Gasteiger partial charge in [-0.05, 0) is 32.0 Å². The summed E-state index contributed by atoms with van der Waals surface area (Å²) in [6.45, 7) is 3.33. The molecule has 2 rings (SSSR count). The monoisotopic (exact) mass is 277 g/mol. The molecule has 0 fully saturated rings. The van der Waals surface area contributed by atoms with Crippen molar-refractivity contribution in [2.45, 2.75) is 13.8 Å². The van der Waals surface area contributed by atoms with E-state index in [2.05, 4.69) is 15.5 Å². The topological polar surface area (TPSA) is 95.1 Å². The lowest BCUT2D eigenvalue weighted by atomic mass is 10.1. The molecular formula is C13H12FN3O3. The summed E-state index contributed by atoms with van der Waals surface area (Å²) in [5.41, 5.74) is 1.15. The van der Waals surface area contributed by atoms with Crippen molar-refractivity contribution in [1.29, 1.82) is 0 Å². The van der Waals surface area contributed by atoms with Gasteiger partial charge in [0.1, 0.15) is 5.82 Å². The highest BCUT2D eigenvalue weighted by Crippen LogP contribution is 2.18. The lowest BCUT2D eigenvalue weighted by Crippen LogP contribution is -2.15. The van der Waals surface area contributed by atoms with Gasteiger partial charge in [-0.25, -0.2) is 9.18 Å². The van der Waals surface area contributed by atoms with Crippen molar-refractivity contribution in [3.05, 3.63) is 46.5 Å². The van der Waals surface area contributed by atoms with Crippen molar-refractivity contribution in [3.63, 3.8) is 0 Å². The minimum atomic E-state index is -1.23. The number of carboxylic acid groups (broad SMARTS) is 1. The van der Waals surface area contributed by atoms with Crippen molar-refractivity contribution in [2.75, 3.05) is 5.32 Å². The Kier molecular flexibility index (Phi) is 3.51. The molecule has 0 aliphatic rings. The second-order valence-corrected chi connectivity index (χ2v) is 4.26. The molecule has 20 heavy (non-hydrogen) atoms. The number of aromatic amines is 1. The number of nitrogens with zero attached hydrogens (tertiary/aromatic N) is 1. The summed E-state index contributed by atoms with van der Waals surface area (Å²) < 4.78 is 13.7. The number of hydrogen-bond donors (Lipinski definition) is 3. The van der Waals surface area contributed by atoms with Gasteiger partial charge in [-0.3, -0.25) is 9.89 Å². The predicted octanol–water partition coefficient (Wildman–Crippen LogP) is 2.12. The van der Waals surface area contributed by atoms with Crippen LogP contribution in [0.15, 0.2) is 18.2 Å². The van der Waals surface area contributed by atoms with Crippen LogP contribution in [0.1, 0.15) is 32.1 Å². The molecule has 1 heterocycles. The van der Waals surface area contributed by atoms with Crippen molar-refractivity contribution < 1.29 is 19.1 Å². The molecular weight excluding hydrogens is 265 g/mol. The van der Waals surface area contributed by atoms with Crippen molar-refractivity contribution in [3.8, 4) is 0 Å². The van der Waals surface area contributed by atoms with E-state index in [1.165, 1.54) is 12.1 Å². The first kappa shape index (κ1) is 13.7. The zero-order chi connectivity index (χ0) is 14.9. The molecule has 6 nitrogen and oxygen atoms in total. The van der Waals surface area contributed by atoms with Crippen LogP contribution in [0.3, 0.4) is 0 Å². The van der Waals surface area contributed by atoms with Crippen LogP contribution in [0.25, 0.3) is 0 Å². The highest BCUT2D eigenvalue weighted by molar-refractivity contribution is 6.06. The fourth-order valence-corrected chi connectivity index (χ4v) is 1.82. The molecule has 0 saturated carbocycles. The normalized spacial score (nSPS) is 10.3. The van der Waals surface area contributed by atoms with Gasteiger partial charge in [-0.1, -0.05) is 0 Å². The summed E-state index contributed by atoms with van der Waals surface area (Å²) in [5, 5.41) is 17.7. The van der Waals surface area contributed by atoms with Crippen molar-refractivity contribution in [1.82, 2.24) is 10.2 Å². The van der Waals surface area contributed by atoms with Crippen molar-refractivity contribution in [2.24, 2.45) is 0 Å². The van der Waals surface area contributed by atoms with Crippen LogP contribution < -0.4 is 5.32 Å². The summed E-state index contributed by atoms with van der Waals surface area (Å²) in [7, 11) is 0. The summed E-state index contributed by atoms with van der Waals surface area (Å²) >= 11 is 0. The molecule has 2 aromatic rings. The number of carbonyl (C=O) groups excluding carboxylic acids is 1. The van der Waals surface area contributed by atoms with Crippen LogP contribution in [-0.2, 0) is 0 Å². The minimum absolute atomic E-state index is 0.0833. The number of aromatic carboxylic acids is 1. The lowest BCUT2D eigenvalue weighted by Gasteiger charge is -2.07. The second kappa shape index (κ2) is 5.12. The van der Waals surface area contributed by atoms with Gasteiger partial charge < -0.3 is 10.4 Å². The van der Waals surface area contributed by atoms with E-state index in [1.54, 1.807) is 13.8 Å². The molecule has 0 bridgehead atoms. The average molecular weight is 277 g/mol. The molecule has 1 aromatic heterocycles. The maximum absolute atomic E-state index is 13.7. The quantitative estimate of drug-likeness (QED) is 0.800. The number of amides is 1. The number of rotatable bonds is 3. The molecule has 1 amide bonds. The molecule has 0 aliphatic carbocycles. The van der Waals surface area contributed by atoms with E-state index in [9.17, 15) is 14.0 Å². The van der Waals surface area contributed by atoms with E-state index in [4.69, 9.17) is 5.11 Å². The Morgan fingerprint density at radius 2 is 2.05 bits per heavy atom. The number of carbonyl (C=O) groups is 2. The number of carboxylic acids is 1. The van der Waals surface area contributed by atoms with Gasteiger partial charge in [0.25, 0.3) is 5.91 Å². The maximum Gasteiger partial charge on any atom is 0.335 e. The number of halogens is 1. The summed E-state index contributed by atoms with van der Waals surface area (Å²) in [5.74, 6) is -2.55. The minimum Gasteiger partial charge on any atom is -0.478 e. The number of anilines is 1. The van der Waals surface area contributed by atoms with E-state index in [1.807, 2.05) is 0 Å². The Balaban J connectivity index is 2.27. The molecule has 0 radical (unpaired) electrons. The van der Waals surface area contributed by atoms with Crippen LogP contribution in [0.5, 0.6) is 0 Å². The smallest absolute Gasteiger partial charge is 0.335 e. The van der Waals surface area contributed by atoms with Crippen LogP contribution >= 0.6 is 0 Å². The Morgan fingerprint density at radius 3 is 2.55 bits per heavy atom. The SMILES string of the molecule is Cc1n[nH]c(C)c1C(=O)Nc1ccc(C(=O)O)cc1F. The molecule has 0 saturated heterocycles. The number of hydrogen-bond acceptors (Lipinski definition) is 3. The first-order valence-corrected chi connectivity index (χ1v) is 5.76. The lowest BCUT2D eigenvalue weighted by molar-refractivity contribution is 0.0696. The Labute approximate surface area is 113 Å². The van der Waals surface area contributed by atoms with Crippen molar-refractivity contribution >= 4 is 17.6 Å². The predicted molar refractivity (Wildman–Crippen MR) is 69.4 cm³/mol. The number of H-pyrrole nitrogens is 1. The van der Waals surface area contributed by atoms with E-state index in [0.717, 1.165) is 6.07 Å². The van der Waals surface area contributed by atoms with Crippen LogP contribution in [-0.4, -0.2) is 27.2 Å². The summed E-state index contributed by atoms with van der Waals surface area (Å²) in [6.07, 6.45) is 0. The zero-order valence-electron chi connectivity index (χ0n) is 10.8. The van der Waals surface area contributed by atoms with Crippen LogP contribution in [0, 0.1) is 19.7 Å². The second-order valence-electron chi connectivity index (χ2n) is 4.26. The molecule has 0 unspecified atom stereocenters. The standard InChI is InChI=1S/C13H12FN3O3/c1-6-11(7(2)17-16-6)12(18)15-10-4-3-8(13(19)20)5-9(10)14/h3-5H,1-2H3,(H,15,18)(H,16,17)(H,19,20). The van der Waals surface area contributed by atoms with E-state index >= 15 is 0 Å². The largest absolute Gasteiger partial charge is 0.478 e. The third-order valence-corrected chi connectivity index (χ3v) is 2.82. The maximum atomic E-state index is 13.7. The molecule has 0 atom stereocenters. The highest BCUT2D eigenvalue weighted by Gasteiger charge is 2.17. The van der Waals surface area contributed by atoms with E-state index in [-0.39, 0.29) is 11.3 Å². The van der Waals surface area contributed by atoms with Crippen LogP contribution in [0.4, 0.5) is 10.1 Å². The zero-order valence-corrected chi connectivity index (χ0v) is 10.8. The molecule has 7 heteroatoms. The number of nitrogens with one attached hydrogen (secondary N) is 2.